The second kappa shape index (κ2) is 74.5. The highest BCUT2D eigenvalue weighted by Crippen LogP contribution is 2.45. The highest BCUT2D eigenvalue weighted by molar-refractivity contribution is 7.47. The molecule has 0 saturated carbocycles. The van der Waals surface area contributed by atoms with Gasteiger partial charge in [0.05, 0.1) is 26.4 Å². The third kappa shape index (κ3) is 74.9. The summed E-state index contributed by atoms with van der Waals surface area (Å²) in [6.45, 7) is 9.74. The van der Waals surface area contributed by atoms with E-state index < -0.39 is 97.5 Å². The fourth-order valence-corrected chi connectivity index (χ4v) is 14.4. The predicted molar refractivity (Wildman–Crippen MR) is 418 cm³/mol. The van der Waals surface area contributed by atoms with Gasteiger partial charge in [-0.05, 0) is 37.5 Å². The standard InChI is InChI=1S/C83H162O17P2/c1-7-10-12-14-16-18-20-21-30-37-43-49-55-61-67-82(87)99-78(71-93-80(85)65-59-53-47-41-33-19-17-15-13-11-8-2)73-97-101(89,90)95-69-77(84)70-96-102(91,92)98-74-79(72-94-81(86)66-60-54-48-42-36-31-27-26-29-35-40-46-52-58-64-76(6)9-3)100-83(88)68-62-56-50-44-38-32-25-23-22-24-28-34-39-45-51-57-63-75(4)5/h75-79,84H,7-74H2,1-6H3,(H,89,90)(H,91,92)/t76?,77-,78+,79+/m0/s1. The summed E-state index contributed by atoms with van der Waals surface area (Å²) in [5, 5.41) is 10.7. The van der Waals surface area contributed by atoms with Gasteiger partial charge < -0.3 is 33.8 Å². The molecule has 0 heterocycles. The van der Waals surface area contributed by atoms with Gasteiger partial charge in [-0.2, -0.15) is 0 Å². The summed E-state index contributed by atoms with van der Waals surface area (Å²) in [5.41, 5.74) is 0. The number of ether oxygens (including phenoxy) is 4. The molecule has 0 aliphatic heterocycles. The molecule has 0 fully saturated rings. The zero-order valence-corrected chi connectivity index (χ0v) is 68.7. The molecule has 0 aliphatic carbocycles. The first-order chi connectivity index (χ1) is 49.4. The van der Waals surface area contributed by atoms with E-state index in [2.05, 4.69) is 41.5 Å². The van der Waals surface area contributed by atoms with Crippen LogP contribution >= 0.6 is 15.6 Å². The molecule has 0 spiro atoms. The Kier molecular flexibility index (Phi) is 73.1. The highest BCUT2D eigenvalue weighted by Gasteiger charge is 2.30. The maximum Gasteiger partial charge on any atom is 0.472 e. The van der Waals surface area contributed by atoms with E-state index in [1.165, 1.54) is 257 Å². The first-order valence-electron chi connectivity index (χ1n) is 43.0. The molecule has 0 amide bonds. The number of rotatable bonds is 82. The number of carbonyl (C=O) groups is 4. The number of carbonyl (C=O) groups excluding carboxylic acids is 4. The fourth-order valence-electron chi connectivity index (χ4n) is 12.9. The molecule has 3 N–H and O–H groups in total. The number of aliphatic hydroxyl groups is 1. The highest BCUT2D eigenvalue weighted by atomic mass is 31.2. The van der Waals surface area contributed by atoms with Gasteiger partial charge in [0.25, 0.3) is 0 Å². The summed E-state index contributed by atoms with van der Waals surface area (Å²) < 4.78 is 68.8. The number of unbranched alkanes of at least 4 members (excludes halogenated alkanes) is 51. The molecule has 0 aliphatic rings. The van der Waals surface area contributed by atoms with Crippen molar-refractivity contribution in [1.82, 2.24) is 0 Å². The van der Waals surface area contributed by atoms with Crippen molar-refractivity contribution in [3.8, 4) is 0 Å². The van der Waals surface area contributed by atoms with Crippen LogP contribution in [0, 0.1) is 11.8 Å². The summed E-state index contributed by atoms with van der Waals surface area (Å²) in [7, 11) is -9.92. The Labute approximate surface area is 626 Å². The van der Waals surface area contributed by atoms with Gasteiger partial charge in [0, 0.05) is 25.7 Å². The van der Waals surface area contributed by atoms with E-state index in [-0.39, 0.29) is 25.7 Å². The monoisotopic (exact) mass is 1490 g/mol. The molecule has 0 rings (SSSR count). The Morgan fingerprint density at radius 1 is 0.284 bits per heavy atom. The van der Waals surface area contributed by atoms with Gasteiger partial charge in [0.1, 0.15) is 19.3 Å². The van der Waals surface area contributed by atoms with E-state index >= 15 is 0 Å². The first-order valence-corrected chi connectivity index (χ1v) is 46.0. The second-order valence-corrected chi connectivity index (χ2v) is 33.5. The van der Waals surface area contributed by atoms with Crippen LogP contribution in [0.3, 0.4) is 0 Å². The lowest BCUT2D eigenvalue weighted by molar-refractivity contribution is -0.161. The van der Waals surface area contributed by atoms with Crippen LogP contribution < -0.4 is 0 Å². The molecule has 17 nitrogen and oxygen atoms in total. The molecule has 0 saturated heterocycles. The van der Waals surface area contributed by atoms with E-state index in [1.807, 2.05) is 0 Å². The van der Waals surface area contributed by atoms with Crippen molar-refractivity contribution in [3.63, 3.8) is 0 Å². The number of hydrogen-bond acceptors (Lipinski definition) is 15. The molecular weight excluding hydrogens is 1330 g/mol. The smallest absolute Gasteiger partial charge is 0.462 e. The average Bonchev–Trinajstić information content (AvgIpc) is 1.05. The largest absolute Gasteiger partial charge is 0.472 e. The number of hydrogen-bond donors (Lipinski definition) is 3. The van der Waals surface area contributed by atoms with Gasteiger partial charge in [0.2, 0.25) is 0 Å². The third-order valence-electron chi connectivity index (χ3n) is 19.8. The normalized spacial score (nSPS) is 14.1. The van der Waals surface area contributed by atoms with Crippen molar-refractivity contribution in [2.45, 2.75) is 458 Å². The lowest BCUT2D eigenvalue weighted by Crippen LogP contribution is -2.30. The molecule has 606 valence electrons. The van der Waals surface area contributed by atoms with Gasteiger partial charge in [-0.25, -0.2) is 9.13 Å². The zero-order valence-electron chi connectivity index (χ0n) is 66.9. The van der Waals surface area contributed by atoms with E-state index in [0.717, 1.165) is 102 Å². The summed E-state index contributed by atoms with van der Waals surface area (Å²) in [5.74, 6) is -0.444. The van der Waals surface area contributed by atoms with Gasteiger partial charge in [-0.3, -0.25) is 37.3 Å². The van der Waals surface area contributed by atoms with Crippen molar-refractivity contribution in [2.75, 3.05) is 39.6 Å². The Morgan fingerprint density at radius 2 is 0.500 bits per heavy atom. The van der Waals surface area contributed by atoms with Crippen molar-refractivity contribution < 1.29 is 80.2 Å². The lowest BCUT2D eigenvalue weighted by atomic mass is 9.99. The van der Waals surface area contributed by atoms with Gasteiger partial charge in [0.15, 0.2) is 12.2 Å². The van der Waals surface area contributed by atoms with Crippen LogP contribution in [0.5, 0.6) is 0 Å². The fraction of sp³-hybridized carbons (Fsp3) is 0.952. The van der Waals surface area contributed by atoms with Crippen LogP contribution in [0.4, 0.5) is 0 Å². The van der Waals surface area contributed by atoms with Crippen LogP contribution in [0.1, 0.15) is 440 Å². The molecular formula is C83H162O17P2. The van der Waals surface area contributed by atoms with Crippen molar-refractivity contribution >= 4 is 39.5 Å². The molecule has 102 heavy (non-hydrogen) atoms. The summed E-state index contributed by atoms with van der Waals surface area (Å²) in [4.78, 5) is 73.1. The average molecular weight is 1490 g/mol. The number of phosphoric ester groups is 2. The van der Waals surface area contributed by atoms with Crippen LogP contribution in [0.25, 0.3) is 0 Å². The molecule has 0 radical (unpaired) electrons. The van der Waals surface area contributed by atoms with Gasteiger partial charge in [-0.1, -0.05) is 388 Å². The summed E-state index contributed by atoms with van der Waals surface area (Å²) in [6.07, 6.45) is 65.0. The second-order valence-electron chi connectivity index (χ2n) is 30.6. The van der Waals surface area contributed by atoms with Crippen LogP contribution in [0.2, 0.25) is 0 Å². The van der Waals surface area contributed by atoms with E-state index in [1.54, 1.807) is 0 Å². The number of phosphoric acid groups is 2. The molecule has 0 aromatic carbocycles. The van der Waals surface area contributed by atoms with Crippen molar-refractivity contribution in [1.29, 1.82) is 0 Å². The van der Waals surface area contributed by atoms with Gasteiger partial charge in [-0.15, -0.1) is 0 Å². The topological polar surface area (TPSA) is 237 Å². The number of aliphatic hydroxyl groups excluding tert-OH is 1. The Morgan fingerprint density at radius 3 is 0.745 bits per heavy atom. The maximum atomic E-state index is 13.1. The lowest BCUT2D eigenvalue weighted by Gasteiger charge is -2.21. The van der Waals surface area contributed by atoms with Crippen LogP contribution in [-0.4, -0.2) is 96.7 Å². The van der Waals surface area contributed by atoms with E-state index in [0.29, 0.717) is 25.7 Å². The van der Waals surface area contributed by atoms with Gasteiger partial charge >= 0.3 is 39.5 Å². The van der Waals surface area contributed by atoms with Crippen LogP contribution in [0.15, 0.2) is 0 Å². The SMILES string of the molecule is CCCCCCCCCCCCCCCCC(=O)O[C@H](COC(=O)CCCCCCCCCCCCC)COP(=O)(O)OC[C@H](O)COP(=O)(O)OC[C@@H](COC(=O)CCCCCCCCCCCCCCCCC(C)CC)OC(=O)CCCCCCCCCCCCCCCCCCC(C)C. The molecule has 0 bridgehead atoms. The minimum absolute atomic E-state index is 0.108. The quantitative estimate of drug-likeness (QED) is 0.0222. The summed E-state index contributed by atoms with van der Waals surface area (Å²) >= 11 is 0. The summed E-state index contributed by atoms with van der Waals surface area (Å²) in [6, 6.07) is 0. The predicted octanol–water partition coefficient (Wildman–Crippen LogP) is 25.1. The zero-order chi connectivity index (χ0) is 74.9. The molecule has 3 unspecified atom stereocenters. The number of esters is 4. The van der Waals surface area contributed by atoms with E-state index in [4.69, 9.17) is 37.0 Å². The molecule has 19 heteroatoms. The molecule has 6 atom stereocenters. The van der Waals surface area contributed by atoms with Crippen molar-refractivity contribution in [3.05, 3.63) is 0 Å². The Bertz CT molecular complexity index is 1960. The minimum atomic E-state index is -4.96. The molecule has 0 aromatic rings. The Hall–Kier alpha value is -1.94. The Balaban J connectivity index is 5.25. The minimum Gasteiger partial charge on any atom is -0.462 e. The molecule has 0 aromatic heterocycles. The third-order valence-corrected chi connectivity index (χ3v) is 21.7. The van der Waals surface area contributed by atoms with Crippen molar-refractivity contribution in [2.24, 2.45) is 11.8 Å². The first kappa shape index (κ1) is 100. The maximum absolute atomic E-state index is 13.1. The van der Waals surface area contributed by atoms with E-state index in [9.17, 15) is 43.2 Å². The van der Waals surface area contributed by atoms with Crippen LogP contribution in [-0.2, 0) is 65.4 Å².